The van der Waals surface area contributed by atoms with Crippen molar-refractivity contribution in [2.24, 2.45) is 0 Å². The smallest absolute Gasteiger partial charge is 0.340 e. The summed E-state index contributed by atoms with van der Waals surface area (Å²) in [5, 5.41) is 7.15. The third-order valence-electron chi connectivity index (χ3n) is 3.08. The summed E-state index contributed by atoms with van der Waals surface area (Å²) in [5.41, 5.74) is 2.92. The van der Waals surface area contributed by atoms with Crippen molar-refractivity contribution >= 4 is 43.5 Å². The highest BCUT2D eigenvalue weighted by molar-refractivity contribution is 9.11. The number of methoxy groups -OCH3 is 1. The molecule has 0 saturated heterocycles. The zero-order chi connectivity index (χ0) is 15.6. The van der Waals surface area contributed by atoms with Crippen LogP contribution < -0.4 is 5.32 Å². The van der Waals surface area contributed by atoms with E-state index in [1.807, 2.05) is 19.9 Å². The van der Waals surface area contributed by atoms with E-state index in [2.05, 4.69) is 42.3 Å². The number of nitrogens with zero attached hydrogens (tertiary/aromatic N) is 1. The first-order chi connectivity index (χ1) is 9.93. The SMILES string of the molecule is COC(=O)c1cc(Br)cc(Br)c1NCc1c(C)noc1C. The summed E-state index contributed by atoms with van der Waals surface area (Å²) in [5.74, 6) is 0.353. The van der Waals surface area contributed by atoms with Gasteiger partial charge in [-0.1, -0.05) is 21.1 Å². The van der Waals surface area contributed by atoms with Gasteiger partial charge in [-0.2, -0.15) is 0 Å². The average molecular weight is 418 g/mol. The highest BCUT2D eigenvalue weighted by Crippen LogP contribution is 2.32. The van der Waals surface area contributed by atoms with Gasteiger partial charge in [0.1, 0.15) is 5.76 Å². The van der Waals surface area contributed by atoms with Crippen LogP contribution in [0.15, 0.2) is 25.6 Å². The Morgan fingerprint density at radius 2 is 2.10 bits per heavy atom. The van der Waals surface area contributed by atoms with E-state index < -0.39 is 5.97 Å². The summed E-state index contributed by atoms with van der Waals surface area (Å²) < 4.78 is 11.5. The number of aromatic nitrogens is 1. The van der Waals surface area contributed by atoms with Crippen molar-refractivity contribution in [3.05, 3.63) is 43.7 Å². The zero-order valence-electron chi connectivity index (χ0n) is 11.8. The second kappa shape index (κ2) is 6.62. The van der Waals surface area contributed by atoms with Crippen LogP contribution in [-0.4, -0.2) is 18.2 Å². The van der Waals surface area contributed by atoms with E-state index in [1.54, 1.807) is 6.07 Å². The molecule has 5 nitrogen and oxygen atoms in total. The molecule has 2 aromatic rings. The van der Waals surface area contributed by atoms with Gasteiger partial charge in [0.25, 0.3) is 0 Å². The summed E-state index contributed by atoms with van der Waals surface area (Å²) in [6.07, 6.45) is 0. The summed E-state index contributed by atoms with van der Waals surface area (Å²) >= 11 is 6.82. The molecule has 0 unspecified atom stereocenters. The lowest BCUT2D eigenvalue weighted by Gasteiger charge is -2.13. The Morgan fingerprint density at radius 1 is 1.38 bits per heavy atom. The number of carbonyl (C=O) groups is 1. The first kappa shape index (κ1) is 16.0. The molecule has 0 aliphatic rings. The van der Waals surface area contributed by atoms with Crippen molar-refractivity contribution in [2.75, 3.05) is 12.4 Å². The molecule has 0 amide bonds. The average Bonchev–Trinajstić information content (AvgIpc) is 2.76. The molecule has 1 aromatic carbocycles. The Balaban J connectivity index is 2.33. The number of esters is 1. The van der Waals surface area contributed by atoms with Crippen molar-refractivity contribution in [2.45, 2.75) is 20.4 Å². The Morgan fingerprint density at radius 3 is 2.67 bits per heavy atom. The van der Waals surface area contributed by atoms with Crippen molar-refractivity contribution in [1.29, 1.82) is 0 Å². The van der Waals surface area contributed by atoms with E-state index in [0.29, 0.717) is 17.8 Å². The molecular weight excluding hydrogens is 404 g/mol. The maximum absolute atomic E-state index is 11.9. The van der Waals surface area contributed by atoms with Gasteiger partial charge < -0.3 is 14.6 Å². The van der Waals surface area contributed by atoms with Crippen LogP contribution in [0.5, 0.6) is 0 Å². The van der Waals surface area contributed by atoms with Crippen LogP contribution in [0.2, 0.25) is 0 Å². The number of ether oxygens (including phenoxy) is 1. The summed E-state index contributed by atoms with van der Waals surface area (Å²) in [6.45, 7) is 4.24. The van der Waals surface area contributed by atoms with Crippen LogP contribution in [0.3, 0.4) is 0 Å². The molecule has 0 radical (unpaired) electrons. The van der Waals surface area contributed by atoms with Gasteiger partial charge in [0.05, 0.1) is 24.1 Å². The van der Waals surface area contributed by atoms with E-state index in [0.717, 1.165) is 26.0 Å². The van der Waals surface area contributed by atoms with Gasteiger partial charge in [-0.3, -0.25) is 0 Å². The molecular formula is C14H14Br2N2O3. The fraction of sp³-hybridized carbons (Fsp3) is 0.286. The first-order valence-corrected chi connectivity index (χ1v) is 7.75. The predicted molar refractivity (Wildman–Crippen MR) is 86.5 cm³/mol. The number of hydrogen-bond acceptors (Lipinski definition) is 5. The maximum Gasteiger partial charge on any atom is 0.340 e. The summed E-state index contributed by atoms with van der Waals surface area (Å²) in [6, 6.07) is 3.58. The molecule has 7 heteroatoms. The van der Waals surface area contributed by atoms with Crippen molar-refractivity contribution in [1.82, 2.24) is 5.16 Å². The number of benzene rings is 1. The molecule has 1 N–H and O–H groups in total. The molecule has 0 spiro atoms. The minimum absolute atomic E-state index is 0.404. The second-order valence-electron chi connectivity index (χ2n) is 4.46. The summed E-state index contributed by atoms with van der Waals surface area (Å²) in [4.78, 5) is 11.9. The van der Waals surface area contributed by atoms with Crippen LogP contribution in [-0.2, 0) is 11.3 Å². The van der Waals surface area contributed by atoms with Crippen LogP contribution in [0.4, 0.5) is 5.69 Å². The van der Waals surface area contributed by atoms with Gasteiger partial charge in [0.2, 0.25) is 0 Å². The maximum atomic E-state index is 11.9. The van der Waals surface area contributed by atoms with E-state index in [9.17, 15) is 4.79 Å². The lowest BCUT2D eigenvalue weighted by molar-refractivity contribution is 0.0601. The Bertz CT molecular complexity index is 664. The van der Waals surface area contributed by atoms with E-state index >= 15 is 0 Å². The standard InChI is InChI=1S/C14H14Br2N2O3/c1-7-11(8(2)21-18-7)6-17-13-10(14(19)20-3)4-9(15)5-12(13)16/h4-5,17H,6H2,1-3H3. The zero-order valence-corrected chi connectivity index (χ0v) is 15.0. The third kappa shape index (κ3) is 3.47. The fourth-order valence-corrected chi connectivity index (χ4v) is 3.32. The van der Waals surface area contributed by atoms with Crippen LogP contribution in [0.1, 0.15) is 27.4 Å². The molecule has 21 heavy (non-hydrogen) atoms. The number of nitrogens with one attached hydrogen (secondary N) is 1. The lowest BCUT2D eigenvalue weighted by Crippen LogP contribution is -2.10. The molecule has 112 valence electrons. The molecule has 0 bridgehead atoms. The minimum Gasteiger partial charge on any atom is -0.465 e. The monoisotopic (exact) mass is 416 g/mol. The van der Waals surface area contributed by atoms with Gasteiger partial charge in [0.15, 0.2) is 0 Å². The molecule has 0 aliphatic heterocycles. The number of hydrogen-bond donors (Lipinski definition) is 1. The molecule has 0 fully saturated rings. The predicted octanol–water partition coefficient (Wildman–Crippen LogP) is 4.22. The third-order valence-corrected chi connectivity index (χ3v) is 4.17. The molecule has 0 aliphatic carbocycles. The largest absolute Gasteiger partial charge is 0.465 e. The van der Waals surface area contributed by atoms with E-state index in [-0.39, 0.29) is 0 Å². The minimum atomic E-state index is -0.404. The Hall–Kier alpha value is -1.34. The Labute approximate surface area is 139 Å². The van der Waals surface area contributed by atoms with Gasteiger partial charge in [-0.05, 0) is 41.9 Å². The number of rotatable bonds is 4. The van der Waals surface area contributed by atoms with E-state index in [1.165, 1.54) is 7.11 Å². The number of carbonyl (C=O) groups excluding carboxylic acids is 1. The second-order valence-corrected chi connectivity index (χ2v) is 6.23. The van der Waals surface area contributed by atoms with Crippen LogP contribution in [0, 0.1) is 13.8 Å². The fourth-order valence-electron chi connectivity index (χ4n) is 1.96. The summed E-state index contributed by atoms with van der Waals surface area (Å²) in [7, 11) is 1.36. The molecule has 2 rings (SSSR count). The van der Waals surface area contributed by atoms with Gasteiger partial charge in [-0.15, -0.1) is 0 Å². The first-order valence-electron chi connectivity index (χ1n) is 6.17. The molecule has 1 heterocycles. The van der Waals surface area contributed by atoms with Crippen LogP contribution in [0.25, 0.3) is 0 Å². The Kier molecular flexibility index (Phi) is 5.05. The van der Waals surface area contributed by atoms with Crippen molar-refractivity contribution in [3.8, 4) is 0 Å². The highest BCUT2D eigenvalue weighted by Gasteiger charge is 2.17. The normalized spacial score (nSPS) is 10.5. The van der Waals surface area contributed by atoms with Gasteiger partial charge >= 0.3 is 5.97 Å². The molecule has 0 saturated carbocycles. The highest BCUT2D eigenvalue weighted by atomic mass is 79.9. The van der Waals surface area contributed by atoms with Gasteiger partial charge in [-0.25, -0.2) is 4.79 Å². The topological polar surface area (TPSA) is 64.4 Å². The van der Waals surface area contributed by atoms with Crippen molar-refractivity contribution < 1.29 is 14.1 Å². The number of halogens is 2. The number of anilines is 1. The van der Waals surface area contributed by atoms with Gasteiger partial charge in [0, 0.05) is 21.1 Å². The van der Waals surface area contributed by atoms with E-state index in [4.69, 9.17) is 9.26 Å². The van der Waals surface area contributed by atoms with Crippen molar-refractivity contribution in [3.63, 3.8) is 0 Å². The van der Waals surface area contributed by atoms with Crippen LogP contribution >= 0.6 is 31.9 Å². The number of aryl methyl sites for hydroxylation is 2. The quantitative estimate of drug-likeness (QED) is 0.754. The molecule has 1 aromatic heterocycles. The molecule has 0 atom stereocenters. The lowest BCUT2D eigenvalue weighted by atomic mass is 10.1.